The van der Waals surface area contributed by atoms with Gasteiger partial charge in [0.15, 0.2) is 17.0 Å². The molecule has 150 valence electrons. The molecule has 0 fully saturated rings. The molecule has 0 saturated carbocycles. The summed E-state index contributed by atoms with van der Waals surface area (Å²) < 4.78 is 15.2. The minimum absolute atomic E-state index is 0.00208. The van der Waals surface area contributed by atoms with Gasteiger partial charge in [-0.15, -0.1) is 0 Å². The van der Waals surface area contributed by atoms with Gasteiger partial charge in [0, 0.05) is 19.6 Å². The van der Waals surface area contributed by atoms with Crippen molar-refractivity contribution < 1.29 is 9.50 Å². The highest BCUT2D eigenvalue weighted by molar-refractivity contribution is 5.85. The van der Waals surface area contributed by atoms with E-state index in [4.69, 9.17) is 0 Å². The van der Waals surface area contributed by atoms with Crippen molar-refractivity contribution in [3.63, 3.8) is 0 Å². The van der Waals surface area contributed by atoms with E-state index >= 15 is 0 Å². The summed E-state index contributed by atoms with van der Waals surface area (Å²) in [6.07, 6.45) is 2.52. The zero-order valence-corrected chi connectivity index (χ0v) is 16.7. The van der Waals surface area contributed by atoms with Crippen LogP contribution in [0.4, 0.5) is 16.2 Å². The van der Waals surface area contributed by atoms with E-state index in [0.717, 1.165) is 17.6 Å². The molecule has 0 amide bonds. The zero-order valence-electron chi connectivity index (χ0n) is 16.7. The fraction of sp³-hybridized carbons (Fsp3) is 0.450. The number of nitrogens with zero attached hydrogens (tertiary/aromatic N) is 5. The highest BCUT2D eigenvalue weighted by atomic mass is 19.1. The van der Waals surface area contributed by atoms with Crippen molar-refractivity contribution in [2.24, 2.45) is 0 Å². The molecule has 7 nitrogen and oxygen atoms in total. The van der Waals surface area contributed by atoms with Crippen LogP contribution in [0.25, 0.3) is 11.2 Å². The van der Waals surface area contributed by atoms with E-state index < -0.39 is 0 Å². The number of aromatic nitrogens is 4. The lowest BCUT2D eigenvalue weighted by Gasteiger charge is -2.21. The van der Waals surface area contributed by atoms with Crippen LogP contribution in [0.15, 0.2) is 30.6 Å². The molecule has 1 aromatic carbocycles. The quantitative estimate of drug-likeness (QED) is 0.618. The molecule has 2 aromatic heterocycles. The van der Waals surface area contributed by atoms with Crippen LogP contribution in [0.3, 0.4) is 0 Å². The monoisotopic (exact) mass is 386 g/mol. The Labute approximate surface area is 164 Å². The van der Waals surface area contributed by atoms with Crippen LogP contribution in [-0.4, -0.2) is 44.3 Å². The molecule has 28 heavy (non-hydrogen) atoms. The number of imidazole rings is 1. The highest BCUT2D eigenvalue weighted by Crippen LogP contribution is 2.27. The average molecular weight is 386 g/mol. The molecule has 0 spiro atoms. The van der Waals surface area contributed by atoms with Crippen molar-refractivity contribution in [1.29, 1.82) is 0 Å². The van der Waals surface area contributed by atoms with Crippen LogP contribution in [0.5, 0.6) is 0 Å². The Morgan fingerprint density at radius 3 is 2.54 bits per heavy atom. The number of anilines is 2. The predicted octanol–water partition coefficient (Wildman–Crippen LogP) is 3.37. The molecular weight excluding hydrogens is 359 g/mol. The summed E-state index contributed by atoms with van der Waals surface area (Å²) in [5, 5.41) is 12.7. The van der Waals surface area contributed by atoms with Crippen LogP contribution in [0.1, 0.15) is 38.8 Å². The molecule has 1 unspecified atom stereocenters. The van der Waals surface area contributed by atoms with Gasteiger partial charge >= 0.3 is 0 Å². The third-order valence-electron chi connectivity index (χ3n) is 4.70. The number of aliphatic hydroxyl groups is 1. The van der Waals surface area contributed by atoms with Gasteiger partial charge in [-0.05, 0) is 38.0 Å². The lowest BCUT2D eigenvalue weighted by atomic mass is 10.2. The number of nitrogens with one attached hydrogen (secondary N) is 1. The van der Waals surface area contributed by atoms with Gasteiger partial charge in [-0.25, -0.2) is 9.37 Å². The third-order valence-corrected chi connectivity index (χ3v) is 4.70. The molecule has 0 aliphatic rings. The summed E-state index contributed by atoms with van der Waals surface area (Å²) in [5.74, 6) is 0.883. The third kappa shape index (κ3) is 4.22. The zero-order chi connectivity index (χ0) is 20.3. The minimum Gasteiger partial charge on any atom is -0.394 e. The number of fused-ring (bicyclic) bond motifs is 1. The maximum Gasteiger partial charge on any atom is 0.227 e. The molecule has 0 radical (unpaired) electrons. The SMILES string of the molecule is CCC(CO)Nc1nc(N(C)Cc2ccc(F)cc2)c2ncn(C(C)C)c2n1. The summed E-state index contributed by atoms with van der Waals surface area (Å²) in [6.45, 7) is 6.69. The molecule has 0 saturated heterocycles. The van der Waals surface area contributed by atoms with Crippen molar-refractivity contribution in [2.45, 2.75) is 45.8 Å². The summed E-state index contributed by atoms with van der Waals surface area (Å²) >= 11 is 0. The molecule has 1 atom stereocenters. The number of aliphatic hydroxyl groups excluding tert-OH is 1. The molecule has 2 heterocycles. The summed E-state index contributed by atoms with van der Waals surface area (Å²) in [6, 6.07) is 6.49. The maximum absolute atomic E-state index is 13.2. The second-order valence-electron chi connectivity index (χ2n) is 7.20. The Kier molecular flexibility index (Phi) is 6.08. The summed E-state index contributed by atoms with van der Waals surface area (Å²) in [5.41, 5.74) is 2.41. The first kappa shape index (κ1) is 20.0. The topological polar surface area (TPSA) is 79.1 Å². The van der Waals surface area contributed by atoms with Gasteiger partial charge in [-0.3, -0.25) is 0 Å². The molecule has 0 bridgehead atoms. The second kappa shape index (κ2) is 8.52. The fourth-order valence-electron chi connectivity index (χ4n) is 3.01. The van der Waals surface area contributed by atoms with Crippen molar-refractivity contribution >= 4 is 22.9 Å². The van der Waals surface area contributed by atoms with E-state index in [0.29, 0.717) is 23.8 Å². The van der Waals surface area contributed by atoms with Gasteiger partial charge < -0.3 is 19.9 Å². The molecule has 0 aliphatic heterocycles. The summed E-state index contributed by atoms with van der Waals surface area (Å²) in [4.78, 5) is 15.8. The number of benzene rings is 1. The average Bonchev–Trinajstić information content (AvgIpc) is 3.11. The molecule has 3 aromatic rings. The maximum atomic E-state index is 13.2. The molecular formula is C20H27FN6O. The van der Waals surface area contributed by atoms with Gasteiger partial charge in [0.25, 0.3) is 0 Å². The van der Waals surface area contributed by atoms with E-state index in [1.165, 1.54) is 12.1 Å². The first-order chi connectivity index (χ1) is 13.4. The van der Waals surface area contributed by atoms with Gasteiger partial charge in [-0.2, -0.15) is 9.97 Å². The molecule has 8 heteroatoms. The fourth-order valence-corrected chi connectivity index (χ4v) is 3.01. The van der Waals surface area contributed by atoms with Gasteiger partial charge in [0.2, 0.25) is 5.95 Å². The van der Waals surface area contributed by atoms with Crippen LogP contribution >= 0.6 is 0 Å². The standard InChI is InChI=1S/C20H27FN6O/c1-5-16(11-28)23-20-24-18(17-19(25-20)27(12-22-17)13(2)3)26(4)10-14-6-8-15(21)9-7-14/h6-9,12-13,16,28H,5,10-11H2,1-4H3,(H,23,24,25). The molecule has 0 aliphatic carbocycles. The van der Waals surface area contributed by atoms with Crippen molar-refractivity contribution in [3.8, 4) is 0 Å². The Bertz CT molecular complexity index is 920. The van der Waals surface area contributed by atoms with Crippen LogP contribution < -0.4 is 10.2 Å². The number of hydrogen-bond donors (Lipinski definition) is 2. The van der Waals surface area contributed by atoms with E-state index in [-0.39, 0.29) is 24.5 Å². The first-order valence-corrected chi connectivity index (χ1v) is 9.50. The highest BCUT2D eigenvalue weighted by Gasteiger charge is 2.19. The Balaban J connectivity index is 2.01. The lowest BCUT2D eigenvalue weighted by Crippen LogP contribution is -2.25. The summed E-state index contributed by atoms with van der Waals surface area (Å²) in [7, 11) is 1.92. The van der Waals surface area contributed by atoms with Gasteiger partial charge in [-0.1, -0.05) is 19.1 Å². The Morgan fingerprint density at radius 2 is 1.93 bits per heavy atom. The smallest absolute Gasteiger partial charge is 0.227 e. The number of rotatable bonds is 8. The van der Waals surface area contributed by atoms with E-state index in [1.807, 2.05) is 23.4 Å². The van der Waals surface area contributed by atoms with Crippen molar-refractivity contribution in [3.05, 3.63) is 42.0 Å². The van der Waals surface area contributed by atoms with Gasteiger partial charge in [0.1, 0.15) is 5.82 Å². The van der Waals surface area contributed by atoms with Gasteiger partial charge in [0.05, 0.1) is 19.0 Å². The van der Waals surface area contributed by atoms with Crippen molar-refractivity contribution in [1.82, 2.24) is 19.5 Å². The van der Waals surface area contributed by atoms with Crippen LogP contribution in [-0.2, 0) is 6.54 Å². The molecule has 3 rings (SSSR count). The Hall–Kier alpha value is -2.74. The second-order valence-corrected chi connectivity index (χ2v) is 7.20. The van der Waals surface area contributed by atoms with E-state index in [1.54, 1.807) is 18.5 Å². The number of halogens is 1. The largest absolute Gasteiger partial charge is 0.394 e. The minimum atomic E-state index is -0.257. The molecule has 2 N–H and O–H groups in total. The van der Waals surface area contributed by atoms with E-state index in [9.17, 15) is 9.50 Å². The van der Waals surface area contributed by atoms with Crippen molar-refractivity contribution in [2.75, 3.05) is 23.9 Å². The first-order valence-electron chi connectivity index (χ1n) is 9.50. The normalized spacial score (nSPS) is 12.5. The van der Waals surface area contributed by atoms with E-state index in [2.05, 4.69) is 34.1 Å². The lowest BCUT2D eigenvalue weighted by molar-refractivity contribution is 0.271. The van der Waals surface area contributed by atoms with Crippen LogP contribution in [0.2, 0.25) is 0 Å². The number of hydrogen-bond acceptors (Lipinski definition) is 6. The van der Waals surface area contributed by atoms with Crippen LogP contribution in [0, 0.1) is 5.82 Å². The Morgan fingerprint density at radius 1 is 1.21 bits per heavy atom. The predicted molar refractivity (Wildman–Crippen MR) is 109 cm³/mol.